The third-order valence-electron chi connectivity index (χ3n) is 3.39. The lowest BCUT2D eigenvalue weighted by atomic mass is 10.0. The van der Waals surface area contributed by atoms with Gasteiger partial charge in [-0.25, -0.2) is 0 Å². The van der Waals surface area contributed by atoms with E-state index in [-0.39, 0.29) is 5.56 Å². The van der Waals surface area contributed by atoms with Gasteiger partial charge in [-0.2, -0.15) is 8.78 Å². The highest BCUT2D eigenvalue weighted by atomic mass is 19.3. The SMILES string of the molecule is CC(=O)OC(c1ccccc1)C(F)(F)C(=O)N1CCCC1. The average molecular weight is 297 g/mol. The quantitative estimate of drug-likeness (QED) is 0.802. The van der Waals surface area contributed by atoms with Crippen LogP contribution in [0.25, 0.3) is 0 Å². The maximum atomic E-state index is 14.5. The van der Waals surface area contributed by atoms with Gasteiger partial charge in [0, 0.05) is 20.0 Å². The van der Waals surface area contributed by atoms with Gasteiger partial charge in [0.1, 0.15) is 0 Å². The molecule has 1 amide bonds. The summed E-state index contributed by atoms with van der Waals surface area (Å²) in [6.07, 6.45) is -0.471. The number of benzene rings is 1. The third kappa shape index (κ3) is 3.37. The standard InChI is InChI=1S/C15H17F2NO3/c1-11(19)21-13(12-7-3-2-4-8-12)15(16,17)14(20)18-9-5-6-10-18/h2-4,7-8,13H,5-6,9-10H2,1H3. The van der Waals surface area contributed by atoms with E-state index < -0.39 is 23.9 Å². The van der Waals surface area contributed by atoms with Crippen LogP contribution in [0, 0.1) is 0 Å². The fraction of sp³-hybridized carbons (Fsp3) is 0.467. The van der Waals surface area contributed by atoms with Crippen LogP contribution in [0.15, 0.2) is 30.3 Å². The highest BCUT2D eigenvalue weighted by Crippen LogP contribution is 2.37. The molecule has 1 aromatic carbocycles. The Morgan fingerprint density at radius 1 is 1.19 bits per heavy atom. The summed E-state index contributed by atoms with van der Waals surface area (Å²) >= 11 is 0. The van der Waals surface area contributed by atoms with Crippen molar-refractivity contribution in [1.82, 2.24) is 4.90 Å². The summed E-state index contributed by atoms with van der Waals surface area (Å²) in [5, 5.41) is 0. The van der Waals surface area contributed by atoms with Gasteiger partial charge < -0.3 is 9.64 Å². The van der Waals surface area contributed by atoms with E-state index in [0.717, 1.165) is 11.8 Å². The Bertz CT molecular complexity index is 513. The van der Waals surface area contributed by atoms with Crippen molar-refractivity contribution in [2.75, 3.05) is 13.1 Å². The molecule has 0 saturated carbocycles. The van der Waals surface area contributed by atoms with Crippen molar-refractivity contribution in [3.05, 3.63) is 35.9 Å². The van der Waals surface area contributed by atoms with E-state index in [1.54, 1.807) is 18.2 Å². The van der Waals surface area contributed by atoms with Gasteiger partial charge in [0.15, 0.2) is 6.10 Å². The Morgan fingerprint density at radius 3 is 2.29 bits per heavy atom. The largest absolute Gasteiger partial charge is 0.451 e. The second-order valence-electron chi connectivity index (χ2n) is 5.02. The molecule has 4 nitrogen and oxygen atoms in total. The highest BCUT2D eigenvalue weighted by Gasteiger charge is 2.52. The van der Waals surface area contributed by atoms with Crippen molar-refractivity contribution in [3.8, 4) is 0 Å². The predicted molar refractivity (Wildman–Crippen MR) is 71.7 cm³/mol. The minimum Gasteiger partial charge on any atom is -0.451 e. The molecular formula is C15H17F2NO3. The van der Waals surface area contributed by atoms with Crippen molar-refractivity contribution in [3.63, 3.8) is 0 Å². The highest BCUT2D eigenvalue weighted by molar-refractivity contribution is 5.85. The first-order valence-electron chi connectivity index (χ1n) is 6.82. The van der Waals surface area contributed by atoms with E-state index in [9.17, 15) is 18.4 Å². The maximum Gasteiger partial charge on any atom is 0.364 e. The summed E-state index contributed by atoms with van der Waals surface area (Å²) in [5.74, 6) is -5.91. The Labute approximate surface area is 121 Å². The third-order valence-corrected chi connectivity index (χ3v) is 3.39. The van der Waals surface area contributed by atoms with Crippen molar-refractivity contribution >= 4 is 11.9 Å². The van der Waals surface area contributed by atoms with E-state index in [0.29, 0.717) is 25.9 Å². The molecule has 0 aromatic heterocycles. The molecule has 1 heterocycles. The van der Waals surface area contributed by atoms with E-state index in [2.05, 4.69) is 0 Å². The summed E-state index contributed by atoms with van der Waals surface area (Å²) in [5.41, 5.74) is 0.102. The van der Waals surface area contributed by atoms with Gasteiger partial charge in [0.2, 0.25) is 0 Å². The number of halogens is 2. The molecule has 1 atom stereocenters. The molecule has 0 N–H and O–H groups in total. The molecule has 1 unspecified atom stereocenters. The zero-order chi connectivity index (χ0) is 15.5. The van der Waals surface area contributed by atoms with Gasteiger partial charge >= 0.3 is 11.9 Å². The monoisotopic (exact) mass is 297 g/mol. The molecule has 0 radical (unpaired) electrons. The van der Waals surface area contributed by atoms with E-state index >= 15 is 0 Å². The smallest absolute Gasteiger partial charge is 0.364 e. The van der Waals surface area contributed by atoms with Gasteiger partial charge in [0.25, 0.3) is 5.91 Å². The summed E-state index contributed by atoms with van der Waals surface area (Å²) in [7, 11) is 0. The molecule has 1 aliphatic rings. The van der Waals surface area contributed by atoms with Gasteiger partial charge in [-0.05, 0) is 18.4 Å². The summed E-state index contributed by atoms with van der Waals surface area (Å²) in [6, 6.07) is 7.61. The number of hydrogen-bond acceptors (Lipinski definition) is 3. The molecule has 0 aliphatic carbocycles. The molecule has 114 valence electrons. The number of hydrogen-bond donors (Lipinski definition) is 0. The van der Waals surface area contributed by atoms with Crippen LogP contribution in [0.5, 0.6) is 0 Å². The lowest BCUT2D eigenvalue weighted by Crippen LogP contribution is -2.46. The van der Waals surface area contributed by atoms with Gasteiger partial charge in [-0.1, -0.05) is 30.3 Å². The molecule has 1 fully saturated rings. The Kier molecular flexibility index (Phi) is 4.55. The number of alkyl halides is 2. The van der Waals surface area contributed by atoms with Crippen LogP contribution in [0.2, 0.25) is 0 Å². The second kappa shape index (κ2) is 6.20. The predicted octanol–water partition coefficient (Wildman–Crippen LogP) is 2.55. The lowest BCUT2D eigenvalue weighted by molar-refractivity contribution is -0.188. The van der Waals surface area contributed by atoms with Crippen LogP contribution in [0.4, 0.5) is 8.78 Å². The number of carbonyl (C=O) groups excluding carboxylic acids is 2. The minimum absolute atomic E-state index is 0.102. The van der Waals surface area contributed by atoms with Gasteiger partial charge in [0.05, 0.1) is 0 Å². The average Bonchev–Trinajstić information content (AvgIpc) is 2.98. The first-order chi connectivity index (χ1) is 9.93. The van der Waals surface area contributed by atoms with E-state index in [1.165, 1.54) is 12.1 Å². The molecule has 6 heteroatoms. The Hall–Kier alpha value is -1.98. The van der Waals surface area contributed by atoms with E-state index in [1.807, 2.05) is 0 Å². The fourth-order valence-corrected chi connectivity index (χ4v) is 2.39. The number of rotatable bonds is 4. The summed E-state index contributed by atoms with van der Waals surface area (Å²) < 4.78 is 33.8. The van der Waals surface area contributed by atoms with Crippen LogP contribution in [0.3, 0.4) is 0 Å². The van der Waals surface area contributed by atoms with Crippen LogP contribution < -0.4 is 0 Å². The van der Waals surface area contributed by atoms with E-state index in [4.69, 9.17) is 4.74 Å². The molecular weight excluding hydrogens is 280 g/mol. The molecule has 2 rings (SSSR count). The molecule has 1 saturated heterocycles. The number of likely N-dealkylation sites (tertiary alicyclic amines) is 1. The first-order valence-corrected chi connectivity index (χ1v) is 6.82. The first kappa shape index (κ1) is 15.4. The topological polar surface area (TPSA) is 46.6 Å². The lowest BCUT2D eigenvalue weighted by Gasteiger charge is -2.29. The van der Waals surface area contributed by atoms with Crippen molar-refractivity contribution in [1.29, 1.82) is 0 Å². The molecule has 1 aliphatic heterocycles. The number of ether oxygens (including phenoxy) is 1. The zero-order valence-electron chi connectivity index (χ0n) is 11.7. The van der Waals surface area contributed by atoms with Crippen LogP contribution >= 0.6 is 0 Å². The molecule has 0 spiro atoms. The normalized spacial score (nSPS) is 16.6. The van der Waals surface area contributed by atoms with Crippen LogP contribution in [0.1, 0.15) is 31.4 Å². The summed E-state index contributed by atoms with van der Waals surface area (Å²) in [4.78, 5) is 24.3. The molecule has 21 heavy (non-hydrogen) atoms. The van der Waals surface area contributed by atoms with Crippen LogP contribution in [-0.2, 0) is 14.3 Å². The minimum atomic E-state index is -3.78. The van der Waals surface area contributed by atoms with Crippen molar-refractivity contribution < 1.29 is 23.1 Å². The van der Waals surface area contributed by atoms with Gasteiger partial charge in [-0.15, -0.1) is 0 Å². The van der Waals surface area contributed by atoms with Gasteiger partial charge in [-0.3, -0.25) is 9.59 Å². The zero-order valence-corrected chi connectivity index (χ0v) is 11.7. The maximum absolute atomic E-state index is 14.5. The fourth-order valence-electron chi connectivity index (χ4n) is 2.39. The Morgan fingerprint density at radius 2 is 1.76 bits per heavy atom. The molecule has 1 aromatic rings. The van der Waals surface area contributed by atoms with Crippen molar-refractivity contribution in [2.45, 2.75) is 31.8 Å². The Balaban J connectivity index is 2.29. The molecule has 0 bridgehead atoms. The second-order valence-corrected chi connectivity index (χ2v) is 5.02. The number of carbonyl (C=O) groups is 2. The number of esters is 1. The summed E-state index contributed by atoms with van der Waals surface area (Å²) in [6.45, 7) is 1.68. The number of nitrogens with zero attached hydrogens (tertiary/aromatic N) is 1. The van der Waals surface area contributed by atoms with Crippen LogP contribution in [-0.4, -0.2) is 35.8 Å². The number of amides is 1. The van der Waals surface area contributed by atoms with Crippen molar-refractivity contribution in [2.24, 2.45) is 0 Å².